The molecule has 0 aliphatic carbocycles. The Labute approximate surface area is 157 Å². The van der Waals surface area contributed by atoms with Crippen LogP contribution in [0, 0.1) is 0 Å². The summed E-state index contributed by atoms with van der Waals surface area (Å²) in [5, 5.41) is 0. The summed E-state index contributed by atoms with van der Waals surface area (Å²) in [7, 11) is 5.80. The molecule has 0 unspecified atom stereocenters. The van der Waals surface area contributed by atoms with Crippen LogP contribution in [0.15, 0.2) is 48.5 Å². The zero-order valence-corrected chi connectivity index (χ0v) is 16.4. The van der Waals surface area contributed by atoms with E-state index in [0.717, 1.165) is 30.9 Å². The second-order valence-electron chi connectivity index (χ2n) is 6.61. The first kappa shape index (κ1) is 20.3. The Bertz CT molecular complexity index is 657. The lowest BCUT2D eigenvalue weighted by molar-refractivity contribution is 0.0124. The van der Waals surface area contributed by atoms with E-state index in [-0.39, 0.29) is 6.10 Å². The summed E-state index contributed by atoms with van der Waals surface area (Å²) in [6, 6.07) is 16.5. The fraction of sp³-hybridized carbons (Fsp3) is 0.455. The molecule has 26 heavy (non-hydrogen) atoms. The Morgan fingerprint density at radius 3 is 2.54 bits per heavy atom. The van der Waals surface area contributed by atoms with Gasteiger partial charge >= 0.3 is 0 Å². The maximum absolute atomic E-state index is 6.11. The van der Waals surface area contributed by atoms with Gasteiger partial charge in [-0.15, -0.1) is 0 Å². The van der Waals surface area contributed by atoms with Gasteiger partial charge in [0.15, 0.2) is 0 Å². The number of likely N-dealkylation sites (N-methyl/N-ethyl adjacent to an activating group) is 1. The van der Waals surface area contributed by atoms with Crippen LogP contribution in [0.1, 0.15) is 18.1 Å². The van der Waals surface area contributed by atoms with Crippen molar-refractivity contribution in [3.05, 3.63) is 59.7 Å². The van der Waals surface area contributed by atoms with Crippen molar-refractivity contribution in [3.63, 3.8) is 0 Å². The van der Waals surface area contributed by atoms with E-state index in [2.05, 4.69) is 29.2 Å². The van der Waals surface area contributed by atoms with E-state index < -0.39 is 0 Å². The lowest BCUT2D eigenvalue weighted by atomic mass is 10.0. The fourth-order valence-corrected chi connectivity index (χ4v) is 2.94. The summed E-state index contributed by atoms with van der Waals surface area (Å²) in [6.07, 6.45) is 1.95. The molecular weight excluding hydrogens is 326 g/mol. The maximum Gasteiger partial charge on any atom is 0.122 e. The topological polar surface area (TPSA) is 30.9 Å². The third-order valence-corrected chi connectivity index (χ3v) is 4.19. The van der Waals surface area contributed by atoms with Gasteiger partial charge in [-0.3, -0.25) is 0 Å². The highest BCUT2D eigenvalue weighted by atomic mass is 16.5. The molecule has 2 rings (SSSR count). The van der Waals surface area contributed by atoms with Crippen molar-refractivity contribution in [3.8, 4) is 11.5 Å². The van der Waals surface area contributed by atoms with Crippen LogP contribution in [-0.4, -0.2) is 52.0 Å². The number of aryl methyl sites for hydroxylation is 2. The fourth-order valence-electron chi connectivity index (χ4n) is 2.94. The summed E-state index contributed by atoms with van der Waals surface area (Å²) >= 11 is 0. The van der Waals surface area contributed by atoms with Crippen LogP contribution < -0.4 is 9.47 Å². The first-order valence-corrected chi connectivity index (χ1v) is 9.22. The van der Waals surface area contributed by atoms with Gasteiger partial charge in [0, 0.05) is 13.2 Å². The van der Waals surface area contributed by atoms with E-state index in [4.69, 9.17) is 14.2 Å². The Kier molecular flexibility index (Phi) is 8.45. The Morgan fingerprint density at radius 2 is 1.81 bits per heavy atom. The average Bonchev–Trinajstić information content (AvgIpc) is 2.65. The highest BCUT2D eigenvalue weighted by Crippen LogP contribution is 2.22. The monoisotopic (exact) mass is 357 g/mol. The highest BCUT2D eigenvalue weighted by molar-refractivity contribution is 5.35. The number of ether oxygens (including phenoxy) is 3. The minimum Gasteiger partial charge on any atom is -0.497 e. The van der Waals surface area contributed by atoms with Gasteiger partial charge in [0.05, 0.1) is 7.11 Å². The smallest absolute Gasteiger partial charge is 0.122 e. The van der Waals surface area contributed by atoms with E-state index >= 15 is 0 Å². The third-order valence-electron chi connectivity index (χ3n) is 4.19. The van der Waals surface area contributed by atoms with Gasteiger partial charge in [0.2, 0.25) is 0 Å². The number of hydrogen-bond donors (Lipinski definition) is 0. The number of para-hydroxylation sites is 1. The molecule has 0 N–H and O–H groups in total. The normalized spacial score (nSPS) is 12.2. The van der Waals surface area contributed by atoms with E-state index in [9.17, 15) is 0 Å². The van der Waals surface area contributed by atoms with Crippen molar-refractivity contribution < 1.29 is 14.2 Å². The summed E-state index contributed by atoms with van der Waals surface area (Å²) in [6.45, 7) is 4.12. The molecule has 0 amide bonds. The van der Waals surface area contributed by atoms with Gasteiger partial charge in [0.25, 0.3) is 0 Å². The van der Waals surface area contributed by atoms with Gasteiger partial charge in [-0.05, 0) is 63.2 Å². The predicted molar refractivity (Wildman–Crippen MR) is 106 cm³/mol. The quantitative estimate of drug-likeness (QED) is 0.612. The number of benzene rings is 2. The molecule has 0 bridgehead atoms. The van der Waals surface area contributed by atoms with Crippen LogP contribution in [0.25, 0.3) is 0 Å². The Morgan fingerprint density at radius 1 is 1.00 bits per heavy atom. The van der Waals surface area contributed by atoms with Crippen LogP contribution in [0.4, 0.5) is 0 Å². The molecule has 0 saturated carbocycles. The molecule has 0 spiro atoms. The molecule has 0 fully saturated rings. The second kappa shape index (κ2) is 10.8. The van der Waals surface area contributed by atoms with Crippen molar-refractivity contribution in [2.75, 3.05) is 41.0 Å². The molecule has 2 aromatic rings. The number of methoxy groups -OCH3 is 1. The van der Waals surface area contributed by atoms with Gasteiger partial charge in [-0.25, -0.2) is 0 Å². The Balaban J connectivity index is 1.97. The van der Waals surface area contributed by atoms with Crippen LogP contribution in [0.3, 0.4) is 0 Å². The first-order valence-electron chi connectivity index (χ1n) is 9.22. The maximum atomic E-state index is 6.11. The number of nitrogens with zero attached hydrogens (tertiary/aromatic N) is 1. The van der Waals surface area contributed by atoms with Crippen molar-refractivity contribution in [2.45, 2.75) is 25.9 Å². The Hall–Kier alpha value is -2.04. The zero-order chi connectivity index (χ0) is 18.8. The molecule has 142 valence electrons. The molecular formula is C22H31NO3. The van der Waals surface area contributed by atoms with E-state index in [0.29, 0.717) is 13.2 Å². The summed E-state index contributed by atoms with van der Waals surface area (Å²) < 4.78 is 17.2. The molecule has 0 aliphatic rings. The SMILES string of the molecule is CCO[C@@H](COc1ccccc1CCc1cccc(OC)c1)CN(C)C. The molecule has 4 nitrogen and oxygen atoms in total. The van der Waals surface area contributed by atoms with Crippen molar-refractivity contribution in [1.29, 1.82) is 0 Å². The number of hydrogen-bond acceptors (Lipinski definition) is 4. The minimum atomic E-state index is 0.0708. The van der Waals surface area contributed by atoms with Crippen LogP contribution in [0.5, 0.6) is 11.5 Å². The molecule has 0 radical (unpaired) electrons. The van der Waals surface area contributed by atoms with E-state index in [1.165, 1.54) is 11.1 Å². The average molecular weight is 357 g/mol. The number of rotatable bonds is 11. The standard InChI is InChI=1S/C22H31NO3/c1-5-25-21(16-23(2)3)17-26-22-12-7-6-10-19(22)14-13-18-9-8-11-20(15-18)24-4/h6-12,15,21H,5,13-14,16-17H2,1-4H3/t21-/m1/s1. The molecule has 1 atom stereocenters. The molecule has 0 saturated heterocycles. The third kappa shape index (κ3) is 6.70. The molecule has 0 aromatic heterocycles. The van der Waals surface area contributed by atoms with Gasteiger partial charge in [-0.2, -0.15) is 0 Å². The van der Waals surface area contributed by atoms with Crippen LogP contribution in [-0.2, 0) is 17.6 Å². The van der Waals surface area contributed by atoms with Crippen LogP contribution >= 0.6 is 0 Å². The lowest BCUT2D eigenvalue weighted by Gasteiger charge is -2.22. The summed E-state index contributed by atoms with van der Waals surface area (Å²) in [5.41, 5.74) is 2.48. The lowest BCUT2D eigenvalue weighted by Crippen LogP contribution is -2.33. The van der Waals surface area contributed by atoms with Crippen molar-refractivity contribution >= 4 is 0 Å². The highest BCUT2D eigenvalue weighted by Gasteiger charge is 2.12. The van der Waals surface area contributed by atoms with E-state index in [1.54, 1.807) is 7.11 Å². The van der Waals surface area contributed by atoms with E-state index in [1.807, 2.05) is 45.3 Å². The summed E-state index contributed by atoms with van der Waals surface area (Å²) in [4.78, 5) is 2.12. The van der Waals surface area contributed by atoms with Crippen molar-refractivity contribution in [2.24, 2.45) is 0 Å². The summed E-state index contributed by atoms with van der Waals surface area (Å²) in [5.74, 6) is 1.84. The molecule has 0 aliphatic heterocycles. The molecule has 0 heterocycles. The van der Waals surface area contributed by atoms with Gasteiger partial charge in [-0.1, -0.05) is 30.3 Å². The second-order valence-corrected chi connectivity index (χ2v) is 6.61. The van der Waals surface area contributed by atoms with Gasteiger partial charge < -0.3 is 19.1 Å². The molecule has 2 aromatic carbocycles. The van der Waals surface area contributed by atoms with Crippen molar-refractivity contribution in [1.82, 2.24) is 4.90 Å². The molecule has 4 heteroatoms. The first-order chi connectivity index (χ1) is 12.6. The van der Waals surface area contributed by atoms with Gasteiger partial charge in [0.1, 0.15) is 24.2 Å². The minimum absolute atomic E-state index is 0.0708. The largest absolute Gasteiger partial charge is 0.497 e. The zero-order valence-electron chi connectivity index (χ0n) is 16.4. The predicted octanol–water partition coefficient (Wildman–Crippen LogP) is 3.83. The van der Waals surface area contributed by atoms with Crippen LogP contribution in [0.2, 0.25) is 0 Å².